The van der Waals surface area contributed by atoms with E-state index in [0.717, 1.165) is 48.5 Å². The lowest BCUT2D eigenvalue weighted by Crippen LogP contribution is -2.33. The summed E-state index contributed by atoms with van der Waals surface area (Å²) in [5.41, 5.74) is 3.48. The molecule has 3 aromatic rings. The van der Waals surface area contributed by atoms with Gasteiger partial charge in [-0.05, 0) is 29.9 Å². The summed E-state index contributed by atoms with van der Waals surface area (Å²) in [4.78, 5) is 23.5. The molecule has 162 valence electrons. The Balaban J connectivity index is 1.24. The second kappa shape index (κ2) is 7.92. The number of para-hydroxylation sites is 1. The molecule has 1 aromatic carbocycles. The maximum absolute atomic E-state index is 12.4. The van der Waals surface area contributed by atoms with Crippen LogP contribution in [-0.4, -0.2) is 51.7 Å². The van der Waals surface area contributed by atoms with Gasteiger partial charge in [-0.25, -0.2) is 9.97 Å². The molecule has 0 spiro atoms. The molecule has 0 aliphatic carbocycles. The molecule has 1 fully saturated rings. The molecule has 2 unspecified atom stereocenters. The number of nitrogens with one attached hydrogen (secondary N) is 3. The molecule has 2 aromatic heterocycles. The Hall–Kier alpha value is -3.00. The molecule has 5 rings (SSSR count). The predicted molar refractivity (Wildman–Crippen MR) is 120 cm³/mol. The van der Waals surface area contributed by atoms with Gasteiger partial charge in [0.2, 0.25) is 5.91 Å². The van der Waals surface area contributed by atoms with E-state index in [-0.39, 0.29) is 17.4 Å². The summed E-state index contributed by atoms with van der Waals surface area (Å²) in [6.07, 6.45) is 5.84. The van der Waals surface area contributed by atoms with Crippen LogP contribution >= 0.6 is 0 Å². The number of carbonyl (C=O) groups is 1. The lowest BCUT2D eigenvalue weighted by Gasteiger charge is -2.19. The molecule has 2 aliphatic heterocycles. The van der Waals surface area contributed by atoms with Crippen molar-refractivity contribution in [3.8, 4) is 0 Å². The molecule has 4 heterocycles. The smallest absolute Gasteiger partial charge is 0.221 e. The van der Waals surface area contributed by atoms with Crippen LogP contribution in [0.2, 0.25) is 0 Å². The van der Waals surface area contributed by atoms with Crippen molar-refractivity contribution in [1.29, 1.82) is 0 Å². The minimum Gasteiger partial charge on any atom is -0.356 e. The average molecular weight is 420 g/mol. The largest absolute Gasteiger partial charge is 0.356 e. The fourth-order valence-electron chi connectivity index (χ4n) is 4.97. The van der Waals surface area contributed by atoms with Crippen molar-refractivity contribution in [3.63, 3.8) is 0 Å². The Morgan fingerprint density at radius 2 is 2.16 bits per heavy atom. The normalized spacial score (nSPS) is 22.1. The van der Waals surface area contributed by atoms with Crippen LogP contribution < -0.4 is 15.5 Å². The number of fused-ring (bicyclic) bond motifs is 2. The van der Waals surface area contributed by atoms with Gasteiger partial charge in [0, 0.05) is 43.7 Å². The van der Waals surface area contributed by atoms with Crippen LogP contribution in [0, 0.1) is 5.41 Å². The number of amides is 1. The highest BCUT2D eigenvalue weighted by Crippen LogP contribution is 2.42. The molecular weight excluding hydrogens is 390 g/mol. The summed E-state index contributed by atoms with van der Waals surface area (Å²) in [6, 6.07) is 8.73. The third-order valence-corrected chi connectivity index (χ3v) is 6.47. The van der Waals surface area contributed by atoms with Gasteiger partial charge in [0.05, 0.1) is 11.6 Å². The van der Waals surface area contributed by atoms with Crippen LogP contribution in [-0.2, 0) is 4.79 Å². The quantitative estimate of drug-likeness (QED) is 0.568. The number of aromatic amines is 1. The van der Waals surface area contributed by atoms with Crippen LogP contribution in [0.5, 0.6) is 0 Å². The van der Waals surface area contributed by atoms with Crippen LogP contribution in [0.1, 0.15) is 44.6 Å². The first-order valence-corrected chi connectivity index (χ1v) is 11.0. The van der Waals surface area contributed by atoms with E-state index in [1.165, 1.54) is 5.56 Å². The minimum absolute atomic E-state index is 0.134. The summed E-state index contributed by atoms with van der Waals surface area (Å²) >= 11 is 0. The number of rotatable bonds is 6. The predicted octanol–water partition coefficient (Wildman–Crippen LogP) is 2.87. The van der Waals surface area contributed by atoms with Gasteiger partial charge in [-0.2, -0.15) is 5.10 Å². The van der Waals surface area contributed by atoms with Gasteiger partial charge in [0.1, 0.15) is 12.1 Å². The molecule has 8 heteroatoms. The number of benzene rings is 1. The van der Waals surface area contributed by atoms with Gasteiger partial charge in [0.25, 0.3) is 0 Å². The van der Waals surface area contributed by atoms with Crippen LogP contribution in [0.15, 0.2) is 36.8 Å². The standard InChI is InChI=1S/C23H29N7O/c1-23(2)10-16(25-13-23)9-20(31)24-8-7-15-12-30(19-6-4-3-5-17(15)19)22-18-11-28-29-21(18)26-14-27-22/h3-6,11,14-16,25H,7-10,12-13H2,1-2H3,(H,24,31)(H,26,27,28,29). The van der Waals surface area contributed by atoms with E-state index in [4.69, 9.17) is 0 Å². The van der Waals surface area contributed by atoms with Crippen LogP contribution in [0.25, 0.3) is 11.0 Å². The van der Waals surface area contributed by atoms with Crippen molar-refractivity contribution in [2.75, 3.05) is 24.5 Å². The van der Waals surface area contributed by atoms with E-state index in [2.05, 4.69) is 73.8 Å². The van der Waals surface area contributed by atoms with E-state index in [9.17, 15) is 4.79 Å². The van der Waals surface area contributed by atoms with E-state index in [1.54, 1.807) is 12.5 Å². The van der Waals surface area contributed by atoms with Gasteiger partial charge in [-0.15, -0.1) is 0 Å². The molecule has 1 saturated heterocycles. The van der Waals surface area contributed by atoms with E-state index < -0.39 is 0 Å². The van der Waals surface area contributed by atoms with Crippen molar-refractivity contribution in [3.05, 3.63) is 42.4 Å². The fraction of sp³-hybridized carbons (Fsp3) is 0.478. The minimum atomic E-state index is 0.134. The van der Waals surface area contributed by atoms with Gasteiger partial charge in [-0.1, -0.05) is 32.0 Å². The molecule has 3 N–H and O–H groups in total. The van der Waals surface area contributed by atoms with E-state index in [1.807, 2.05) is 0 Å². The zero-order chi connectivity index (χ0) is 21.4. The molecule has 31 heavy (non-hydrogen) atoms. The number of aromatic nitrogens is 4. The molecule has 0 bridgehead atoms. The van der Waals surface area contributed by atoms with Gasteiger partial charge >= 0.3 is 0 Å². The first kappa shape index (κ1) is 19.9. The van der Waals surface area contributed by atoms with Crippen molar-refractivity contribution < 1.29 is 4.79 Å². The topological polar surface area (TPSA) is 98.8 Å². The molecule has 2 aliphatic rings. The average Bonchev–Trinajstić information content (AvgIpc) is 3.45. The van der Waals surface area contributed by atoms with E-state index >= 15 is 0 Å². The maximum atomic E-state index is 12.4. The Morgan fingerprint density at radius 3 is 3.00 bits per heavy atom. The van der Waals surface area contributed by atoms with Gasteiger partial charge in [-0.3, -0.25) is 9.89 Å². The molecule has 2 atom stereocenters. The summed E-state index contributed by atoms with van der Waals surface area (Å²) in [5.74, 6) is 1.33. The molecule has 8 nitrogen and oxygen atoms in total. The highest BCUT2D eigenvalue weighted by Gasteiger charge is 2.32. The van der Waals surface area contributed by atoms with Crippen molar-refractivity contribution in [2.45, 2.75) is 45.1 Å². The lowest BCUT2D eigenvalue weighted by molar-refractivity contribution is -0.121. The second-order valence-electron chi connectivity index (χ2n) is 9.48. The highest BCUT2D eigenvalue weighted by atomic mass is 16.1. The molecule has 1 amide bonds. The Kier molecular flexibility index (Phi) is 5.09. The maximum Gasteiger partial charge on any atom is 0.221 e. The number of hydrogen-bond acceptors (Lipinski definition) is 6. The van der Waals surface area contributed by atoms with Crippen molar-refractivity contribution >= 4 is 28.4 Å². The lowest BCUT2D eigenvalue weighted by atomic mass is 9.90. The number of anilines is 2. The Morgan fingerprint density at radius 1 is 1.29 bits per heavy atom. The Labute approximate surface area is 181 Å². The number of H-pyrrole nitrogens is 1. The summed E-state index contributed by atoms with van der Waals surface area (Å²) in [5, 5.41) is 14.6. The summed E-state index contributed by atoms with van der Waals surface area (Å²) < 4.78 is 0. The number of nitrogens with zero attached hydrogens (tertiary/aromatic N) is 4. The third kappa shape index (κ3) is 3.99. The third-order valence-electron chi connectivity index (χ3n) is 6.47. The van der Waals surface area contributed by atoms with Crippen LogP contribution in [0.4, 0.5) is 11.5 Å². The SMILES string of the molecule is CC1(C)CNC(CC(=O)NCCC2CN(c3ncnc4[nH]ncc34)c3ccccc32)C1. The summed E-state index contributed by atoms with van der Waals surface area (Å²) in [7, 11) is 0. The first-order valence-electron chi connectivity index (χ1n) is 11.0. The number of hydrogen-bond donors (Lipinski definition) is 3. The first-order chi connectivity index (χ1) is 15.0. The molecule has 0 radical (unpaired) electrons. The fourth-order valence-corrected chi connectivity index (χ4v) is 4.97. The van der Waals surface area contributed by atoms with Crippen molar-refractivity contribution in [1.82, 2.24) is 30.8 Å². The summed E-state index contributed by atoms with van der Waals surface area (Å²) in [6.45, 7) is 6.97. The zero-order valence-corrected chi connectivity index (χ0v) is 18.1. The molecule has 0 saturated carbocycles. The number of carbonyl (C=O) groups excluding carboxylic acids is 1. The monoisotopic (exact) mass is 419 g/mol. The van der Waals surface area contributed by atoms with Crippen molar-refractivity contribution in [2.24, 2.45) is 5.41 Å². The van der Waals surface area contributed by atoms with Crippen LogP contribution in [0.3, 0.4) is 0 Å². The van der Waals surface area contributed by atoms with Gasteiger partial charge in [0.15, 0.2) is 5.65 Å². The van der Waals surface area contributed by atoms with Gasteiger partial charge < -0.3 is 15.5 Å². The highest BCUT2D eigenvalue weighted by molar-refractivity contribution is 5.90. The Bertz CT molecular complexity index is 1090. The molecular formula is C23H29N7O. The zero-order valence-electron chi connectivity index (χ0n) is 18.1. The second-order valence-corrected chi connectivity index (χ2v) is 9.48. The van der Waals surface area contributed by atoms with E-state index in [0.29, 0.717) is 18.9 Å².